The number of aromatic amines is 1. The first-order valence-electron chi connectivity index (χ1n) is 10.2. The molecular weight excluding hydrogens is 380 g/mol. The second kappa shape index (κ2) is 7.25. The van der Waals surface area contributed by atoms with Crippen LogP contribution in [-0.2, 0) is 26.3 Å². The quantitative estimate of drug-likeness (QED) is 0.700. The molecule has 2 aliphatic rings. The summed E-state index contributed by atoms with van der Waals surface area (Å²) in [5, 5.41) is 3.17. The highest BCUT2D eigenvalue weighted by Crippen LogP contribution is 2.37. The van der Waals surface area contributed by atoms with E-state index in [0.717, 1.165) is 28.0 Å². The van der Waals surface area contributed by atoms with E-state index < -0.39 is 5.54 Å². The van der Waals surface area contributed by atoms with Gasteiger partial charge in [0.15, 0.2) is 0 Å². The number of hydrogen-bond acceptors (Lipinski definition) is 4. The van der Waals surface area contributed by atoms with Crippen LogP contribution in [0.3, 0.4) is 0 Å². The molecule has 2 atom stereocenters. The molecule has 2 N–H and O–H groups in total. The molecule has 7 heteroatoms. The van der Waals surface area contributed by atoms with Gasteiger partial charge in [0.25, 0.3) is 0 Å². The van der Waals surface area contributed by atoms with E-state index in [-0.39, 0.29) is 24.5 Å². The number of carbonyl (C=O) groups is 2. The first kappa shape index (κ1) is 18.8. The Morgan fingerprint density at radius 3 is 2.93 bits per heavy atom. The Labute approximate surface area is 174 Å². The predicted octanol–water partition coefficient (Wildman–Crippen LogP) is 2.06. The number of amides is 2. The minimum absolute atomic E-state index is 0.0249. The number of benzene rings is 2. The fourth-order valence-corrected chi connectivity index (χ4v) is 4.66. The minimum atomic E-state index is -0.584. The molecule has 7 nitrogen and oxygen atoms in total. The van der Waals surface area contributed by atoms with E-state index in [9.17, 15) is 9.59 Å². The Kier molecular flexibility index (Phi) is 4.55. The molecule has 0 saturated carbocycles. The standard InChI is InChI=1S/C23H24N4O3/c1-15-24-18-8-7-16(11-19(18)25-15)12-22(29)27-10-9-23(17-5-3-2-4-6-17)20(13-27)30-14-21(28)26-23/h2-8,11,20H,9-10,12-14H2,1H3,(H,24,25)(H,26,28)/t20-,23+/m1/s1. The van der Waals surface area contributed by atoms with Crippen LogP contribution >= 0.6 is 0 Å². The van der Waals surface area contributed by atoms with Gasteiger partial charge in [0.05, 0.1) is 23.0 Å². The zero-order valence-corrected chi connectivity index (χ0v) is 16.9. The van der Waals surface area contributed by atoms with Gasteiger partial charge < -0.3 is 19.9 Å². The van der Waals surface area contributed by atoms with Crippen molar-refractivity contribution >= 4 is 22.8 Å². The average Bonchev–Trinajstić information content (AvgIpc) is 3.13. The lowest BCUT2D eigenvalue weighted by Crippen LogP contribution is -2.67. The maximum atomic E-state index is 13.0. The number of fused-ring (bicyclic) bond motifs is 2. The molecule has 0 spiro atoms. The summed E-state index contributed by atoms with van der Waals surface area (Å²) in [5.41, 5.74) is 3.24. The molecule has 2 aliphatic heterocycles. The predicted molar refractivity (Wildman–Crippen MR) is 112 cm³/mol. The number of aromatic nitrogens is 2. The molecule has 30 heavy (non-hydrogen) atoms. The molecule has 2 aromatic carbocycles. The molecular formula is C23H24N4O3. The molecule has 5 rings (SSSR count). The molecule has 3 heterocycles. The lowest BCUT2D eigenvalue weighted by atomic mass is 9.77. The Morgan fingerprint density at radius 1 is 1.27 bits per heavy atom. The van der Waals surface area contributed by atoms with Gasteiger partial charge in [0, 0.05) is 13.1 Å². The Hall–Kier alpha value is -3.19. The fraction of sp³-hybridized carbons (Fsp3) is 0.348. The van der Waals surface area contributed by atoms with Gasteiger partial charge >= 0.3 is 0 Å². The second-order valence-electron chi connectivity index (χ2n) is 8.13. The molecule has 3 aromatic rings. The van der Waals surface area contributed by atoms with E-state index in [1.807, 2.05) is 60.4 Å². The van der Waals surface area contributed by atoms with Crippen molar-refractivity contribution in [2.45, 2.75) is 31.4 Å². The van der Waals surface area contributed by atoms with Crippen molar-refractivity contribution in [1.82, 2.24) is 20.2 Å². The van der Waals surface area contributed by atoms with Gasteiger partial charge in [0.1, 0.15) is 18.5 Å². The summed E-state index contributed by atoms with van der Waals surface area (Å²) >= 11 is 0. The molecule has 2 amide bonds. The molecule has 1 aromatic heterocycles. The summed E-state index contributed by atoms with van der Waals surface area (Å²) in [4.78, 5) is 34.7. The third-order valence-electron chi connectivity index (χ3n) is 6.15. The van der Waals surface area contributed by atoms with Crippen LogP contribution in [0, 0.1) is 6.92 Å². The topological polar surface area (TPSA) is 87.3 Å². The maximum absolute atomic E-state index is 13.0. The number of aryl methyl sites for hydroxylation is 1. The van der Waals surface area contributed by atoms with Crippen molar-refractivity contribution in [3.63, 3.8) is 0 Å². The van der Waals surface area contributed by atoms with Gasteiger partial charge in [-0.3, -0.25) is 9.59 Å². The maximum Gasteiger partial charge on any atom is 0.246 e. The normalized spacial score (nSPS) is 23.8. The van der Waals surface area contributed by atoms with Gasteiger partial charge in [-0.05, 0) is 36.6 Å². The summed E-state index contributed by atoms with van der Waals surface area (Å²) in [5.74, 6) is 0.809. The van der Waals surface area contributed by atoms with E-state index >= 15 is 0 Å². The van der Waals surface area contributed by atoms with E-state index in [2.05, 4.69) is 15.3 Å². The second-order valence-corrected chi connectivity index (χ2v) is 8.13. The van der Waals surface area contributed by atoms with Crippen molar-refractivity contribution < 1.29 is 14.3 Å². The van der Waals surface area contributed by atoms with Crippen LogP contribution in [0.5, 0.6) is 0 Å². The van der Waals surface area contributed by atoms with Gasteiger partial charge in [-0.2, -0.15) is 0 Å². The number of hydrogen-bond donors (Lipinski definition) is 2. The molecule has 0 radical (unpaired) electrons. The van der Waals surface area contributed by atoms with Gasteiger partial charge in [-0.1, -0.05) is 36.4 Å². The SMILES string of the molecule is Cc1nc2ccc(CC(=O)N3CC[C@@]4(c5ccccc5)NC(=O)CO[C@@H]4C3)cc2[nH]1. The van der Waals surface area contributed by atoms with Crippen LogP contribution in [0.15, 0.2) is 48.5 Å². The number of carbonyl (C=O) groups excluding carboxylic acids is 2. The number of likely N-dealkylation sites (tertiary alicyclic amines) is 1. The number of ether oxygens (including phenoxy) is 1. The van der Waals surface area contributed by atoms with Crippen molar-refractivity contribution in [1.29, 1.82) is 0 Å². The van der Waals surface area contributed by atoms with Crippen LogP contribution in [-0.4, -0.2) is 52.5 Å². The highest BCUT2D eigenvalue weighted by molar-refractivity contribution is 5.82. The van der Waals surface area contributed by atoms with Crippen molar-refractivity contribution in [2.75, 3.05) is 19.7 Å². The van der Waals surface area contributed by atoms with Gasteiger partial charge in [0.2, 0.25) is 11.8 Å². The lowest BCUT2D eigenvalue weighted by molar-refractivity contribution is -0.157. The summed E-state index contributed by atoms with van der Waals surface area (Å²) in [6.45, 7) is 2.97. The largest absolute Gasteiger partial charge is 0.364 e. The summed E-state index contributed by atoms with van der Waals surface area (Å²) in [7, 11) is 0. The van der Waals surface area contributed by atoms with E-state index in [4.69, 9.17) is 4.74 Å². The number of nitrogens with zero attached hydrogens (tertiary/aromatic N) is 2. The molecule has 2 fully saturated rings. The number of nitrogens with one attached hydrogen (secondary N) is 2. The highest BCUT2D eigenvalue weighted by atomic mass is 16.5. The van der Waals surface area contributed by atoms with Crippen LogP contribution < -0.4 is 5.32 Å². The molecule has 0 unspecified atom stereocenters. The smallest absolute Gasteiger partial charge is 0.246 e. The Morgan fingerprint density at radius 2 is 2.10 bits per heavy atom. The summed E-state index contributed by atoms with van der Waals surface area (Å²) in [6, 6.07) is 15.8. The zero-order chi connectivity index (χ0) is 20.7. The lowest BCUT2D eigenvalue weighted by Gasteiger charge is -2.50. The molecule has 0 bridgehead atoms. The summed E-state index contributed by atoms with van der Waals surface area (Å²) < 4.78 is 5.92. The molecule has 2 saturated heterocycles. The Bertz CT molecular complexity index is 1110. The number of H-pyrrole nitrogens is 1. The van der Waals surface area contributed by atoms with E-state index in [1.165, 1.54) is 0 Å². The van der Waals surface area contributed by atoms with Crippen molar-refractivity contribution in [2.24, 2.45) is 0 Å². The number of imidazole rings is 1. The highest BCUT2D eigenvalue weighted by Gasteiger charge is 2.49. The van der Waals surface area contributed by atoms with Crippen LogP contribution in [0.2, 0.25) is 0 Å². The third-order valence-corrected chi connectivity index (χ3v) is 6.15. The van der Waals surface area contributed by atoms with Crippen LogP contribution in [0.25, 0.3) is 11.0 Å². The monoisotopic (exact) mass is 404 g/mol. The first-order valence-corrected chi connectivity index (χ1v) is 10.2. The number of rotatable bonds is 3. The first-order chi connectivity index (χ1) is 14.5. The minimum Gasteiger partial charge on any atom is -0.364 e. The zero-order valence-electron chi connectivity index (χ0n) is 16.9. The van der Waals surface area contributed by atoms with Crippen LogP contribution in [0.1, 0.15) is 23.4 Å². The van der Waals surface area contributed by atoms with Crippen LogP contribution in [0.4, 0.5) is 0 Å². The number of piperidine rings is 1. The van der Waals surface area contributed by atoms with E-state index in [1.54, 1.807) is 0 Å². The molecule has 154 valence electrons. The Balaban J connectivity index is 1.34. The van der Waals surface area contributed by atoms with E-state index in [0.29, 0.717) is 25.9 Å². The van der Waals surface area contributed by atoms with Gasteiger partial charge in [-0.25, -0.2) is 4.98 Å². The van der Waals surface area contributed by atoms with Crippen molar-refractivity contribution in [3.05, 3.63) is 65.5 Å². The fourth-order valence-electron chi connectivity index (χ4n) is 4.66. The molecule has 0 aliphatic carbocycles. The van der Waals surface area contributed by atoms with Gasteiger partial charge in [-0.15, -0.1) is 0 Å². The third kappa shape index (κ3) is 3.25. The summed E-state index contributed by atoms with van der Waals surface area (Å²) in [6.07, 6.45) is 0.677. The average molecular weight is 404 g/mol. The number of morpholine rings is 1. The van der Waals surface area contributed by atoms with Crippen molar-refractivity contribution in [3.8, 4) is 0 Å².